The highest BCUT2D eigenvalue weighted by molar-refractivity contribution is 7.98. The normalized spacial score (nSPS) is 14.0. The first-order chi connectivity index (χ1) is 5.90. The smallest absolute Gasteiger partial charge is 0.253 e. The molecule has 14 heavy (non-hydrogen) atoms. The molecule has 0 radical (unpaired) electrons. The number of carbonyl (C=O) groups excluding carboxylic acids is 1. The van der Waals surface area contributed by atoms with Gasteiger partial charge in [-0.2, -0.15) is 30.0 Å². The summed E-state index contributed by atoms with van der Waals surface area (Å²) in [4.78, 5) is 9.40. The highest BCUT2D eigenvalue weighted by Gasteiger charge is 2.57. The zero-order valence-corrected chi connectivity index (χ0v) is 7.41. The van der Waals surface area contributed by atoms with Crippen molar-refractivity contribution >= 4 is 26.7 Å². The van der Waals surface area contributed by atoms with Gasteiger partial charge >= 0.3 is 31.9 Å². The van der Waals surface area contributed by atoms with Crippen LogP contribution in [0.3, 0.4) is 0 Å². The Bertz CT molecular complexity index is 432. The lowest BCUT2D eigenvalue weighted by molar-refractivity contribution is -0.145. The third kappa shape index (κ3) is 2.88. The minimum atomic E-state index is -6.54. The highest BCUT2D eigenvalue weighted by Crippen LogP contribution is 2.26. The van der Waals surface area contributed by atoms with E-state index in [1.54, 1.807) is 0 Å². The summed E-state index contributed by atoms with van der Waals surface area (Å²) >= 11 is 0. The van der Waals surface area contributed by atoms with Crippen molar-refractivity contribution in [2.24, 2.45) is 0 Å². The quantitative estimate of drug-likeness (QED) is 0.506. The Morgan fingerprint density at radius 1 is 1.14 bits per heavy atom. The van der Waals surface area contributed by atoms with Gasteiger partial charge in [0.05, 0.1) is 0 Å². The van der Waals surface area contributed by atoms with Crippen molar-refractivity contribution in [3.8, 4) is 0 Å². The topological polar surface area (TPSA) is 94.6 Å². The van der Waals surface area contributed by atoms with E-state index in [1.165, 1.54) is 0 Å². The van der Waals surface area contributed by atoms with Gasteiger partial charge in [0.2, 0.25) is 0 Å². The summed E-state index contributed by atoms with van der Waals surface area (Å²) in [5, 5.41) is -5.77. The molecular weight excluding hydrogens is 260 g/mol. The number of halogens is 4. The van der Waals surface area contributed by atoms with Crippen LogP contribution >= 0.6 is 0 Å². The van der Waals surface area contributed by atoms with Crippen LogP contribution in [0.15, 0.2) is 0 Å². The first-order valence-electron chi connectivity index (χ1n) is 2.38. The summed E-state index contributed by atoms with van der Waals surface area (Å²) in [6.45, 7) is 0. The van der Waals surface area contributed by atoms with Crippen molar-refractivity contribution in [3.63, 3.8) is 0 Å². The summed E-state index contributed by atoms with van der Waals surface area (Å²) in [7, 11) is -12.8. The predicted octanol–water partition coefficient (Wildman–Crippen LogP) is -0.364. The maximum Gasteiger partial charge on any atom is 0.459 e. The minimum Gasteiger partial charge on any atom is -0.253 e. The molecule has 0 amide bonds. The Hall–Kier alpha value is -0.750. The molecule has 0 fully saturated rings. The van der Waals surface area contributed by atoms with Gasteiger partial charge in [0.15, 0.2) is 0 Å². The lowest BCUT2D eigenvalue weighted by Crippen LogP contribution is -2.37. The lowest BCUT2D eigenvalue weighted by Gasteiger charge is -2.07. The molecule has 0 aromatic heterocycles. The van der Waals surface area contributed by atoms with E-state index in [0.717, 1.165) is 0 Å². The minimum absolute atomic E-state index is 2.22. The van der Waals surface area contributed by atoms with E-state index in [1.807, 2.05) is 0 Å². The van der Waals surface area contributed by atoms with Crippen LogP contribution < -0.4 is 0 Å². The van der Waals surface area contributed by atoms with Crippen LogP contribution in [0.2, 0.25) is 0 Å². The largest absolute Gasteiger partial charge is 0.459 e. The van der Waals surface area contributed by atoms with Crippen molar-refractivity contribution in [2.45, 2.75) is 5.25 Å². The molecule has 0 aliphatic heterocycles. The zero-order valence-electron chi connectivity index (χ0n) is 5.78. The first-order valence-corrected chi connectivity index (χ1v) is 5.10. The Balaban J connectivity index is 5.30. The van der Waals surface area contributed by atoms with E-state index in [0.29, 0.717) is 0 Å². The van der Waals surface area contributed by atoms with Crippen LogP contribution in [0.5, 0.6) is 0 Å². The van der Waals surface area contributed by atoms with Crippen LogP contribution in [0.1, 0.15) is 0 Å². The van der Waals surface area contributed by atoms with Gasteiger partial charge < -0.3 is 0 Å². The van der Waals surface area contributed by atoms with Crippen molar-refractivity contribution in [1.82, 2.24) is 0 Å². The molecule has 0 bridgehead atoms. The van der Waals surface area contributed by atoms with Gasteiger partial charge in [-0.1, -0.05) is 3.89 Å². The van der Waals surface area contributed by atoms with Gasteiger partial charge in [-0.25, -0.2) is 0 Å². The van der Waals surface area contributed by atoms with Gasteiger partial charge in [-0.15, -0.1) is 3.63 Å². The monoisotopic (exact) mass is 260 g/mol. The van der Waals surface area contributed by atoms with Crippen LogP contribution in [0, 0.1) is 0 Å². The number of carbonyl (C=O) groups is 1. The van der Waals surface area contributed by atoms with E-state index >= 15 is 0 Å². The number of hydrogen-bond acceptors (Lipinski definition) is 6. The molecule has 0 aliphatic rings. The second-order valence-electron chi connectivity index (χ2n) is 1.71. The Labute approximate surface area is 75.0 Å². The average molecular weight is 260 g/mol. The molecule has 0 rings (SSSR count). The van der Waals surface area contributed by atoms with Gasteiger partial charge in [0, 0.05) is 0 Å². The zero-order chi connectivity index (χ0) is 11.8. The molecular formula is C2F4O6S2. The van der Waals surface area contributed by atoms with Crippen LogP contribution in [0.4, 0.5) is 17.1 Å². The van der Waals surface area contributed by atoms with Gasteiger partial charge in [-0.05, 0) is 0 Å². The van der Waals surface area contributed by atoms with Crippen molar-refractivity contribution in [2.75, 3.05) is 0 Å². The van der Waals surface area contributed by atoms with Gasteiger partial charge in [-0.3, -0.25) is 4.79 Å². The summed E-state index contributed by atoms with van der Waals surface area (Å²) in [6, 6.07) is -3.69. The second kappa shape index (κ2) is 3.43. The van der Waals surface area contributed by atoms with E-state index in [-0.39, 0.29) is 0 Å². The lowest BCUT2D eigenvalue weighted by atomic mass is 10.8. The maximum absolute atomic E-state index is 12.0. The maximum atomic E-state index is 12.0. The number of rotatable bonds is 4. The van der Waals surface area contributed by atoms with Crippen LogP contribution in [-0.2, 0) is 29.0 Å². The average Bonchev–Trinajstić information content (AvgIpc) is 1.80. The van der Waals surface area contributed by atoms with Crippen LogP contribution in [-0.4, -0.2) is 28.1 Å². The van der Waals surface area contributed by atoms with Gasteiger partial charge in [0.25, 0.3) is 0 Å². The summed E-state index contributed by atoms with van der Waals surface area (Å²) in [6.07, 6.45) is 0. The predicted molar refractivity (Wildman–Crippen MR) is 31.1 cm³/mol. The standard InChI is InChI=1S/C2F4O6S2/c3-1(7)2(4,5)13(8,9)12-14(6,10)11. The molecule has 0 saturated heterocycles. The third-order valence-corrected chi connectivity index (χ3v) is 2.87. The number of hydrogen-bond donors (Lipinski definition) is 0. The second-order valence-corrected chi connectivity index (χ2v) is 4.46. The van der Waals surface area contributed by atoms with Gasteiger partial charge in [0.1, 0.15) is 0 Å². The van der Waals surface area contributed by atoms with Crippen LogP contribution in [0.25, 0.3) is 0 Å². The van der Waals surface area contributed by atoms with E-state index < -0.39 is 31.9 Å². The fourth-order valence-corrected chi connectivity index (χ4v) is 1.64. The van der Waals surface area contributed by atoms with Crippen molar-refractivity contribution in [1.29, 1.82) is 0 Å². The Morgan fingerprint density at radius 3 is 1.71 bits per heavy atom. The molecule has 0 aliphatic carbocycles. The highest BCUT2D eigenvalue weighted by atomic mass is 32.3. The third-order valence-electron chi connectivity index (χ3n) is 0.714. The molecule has 0 heterocycles. The molecule has 0 N–H and O–H groups in total. The Morgan fingerprint density at radius 2 is 1.50 bits per heavy atom. The summed E-state index contributed by atoms with van der Waals surface area (Å²) in [5.41, 5.74) is 0. The molecule has 0 atom stereocenters. The van der Waals surface area contributed by atoms with E-state index in [9.17, 15) is 38.7 Å². The first kappa shape index (κ1) is 13.2. The molecule has 6 nitrogen and oxygen atoms in total. The SMILES string of the molecule is O=C(F)C(F)(F)S(=O)(=O)OS(=O)(=O)F. The molecule has 0 saturated carbocycles. The van der Waals surface area contributed by atoms with E-state index in [2.05, 4.69) is 3.63 Å². The molecule has 12 heteroatoms. The summed E-state index contributed by atoms with van der Waals surface area (Å²) < 4.78 is 88.1. The molecule has 0 aromatic carbocycles. The fraction of sp³-hybridized carbons (Fsp3) is 0.500. The molecule has 0 spiro atoms. The molecule has 0 aromatic rings. The number of alkyl halides is 2. The molecule has 0 unspecified atom stereocenters. The Kier molecular flexibility index (Phi) is 3.25. The molecule has 84 valence electrons. The fourth-order valence-electron chi connectivity index (χ4n) is 0.248. The van der Waals surface area contributed by atoms with E-state index in [4.69, 9.17) is 0 Å². The summed E-state index contributed by atoms with van der Waals surface area (Å²) in [5.74, 6) is 0. The van der Waals surface area contributed by atoms with Crippen molar-refractivity contribution in [3.05, 3.63) is 0 Å². The van der Waals surface area contributed by atoms with Crippen molar-refractivity contribution < 1.29 is 42.3 Å².